The van der Waals surface area contributed by atoms with E-state index in [9.17, 15) is 4.79 Å². The summed E-state index contributed by atoms with van der Waals surface area (Å²) in [6.45, 7) is 1.66. The molecule has 3 nitrogen and oxygen atoms in total. The molecule has 4 heteroatoms. The van der Waals surface area contributed by atoms with Crippen LogP contribution in [-0.2, 0) is 10.5 Å². The largest absolute Gasteiger partial charge is 0.368 e. The molecule has 1 amide bonds. The molecule has 0 aromatic heterocycles. The summed E-state index contributed by atoms with van der Waals surface area (Å²) in [5.41, 5.74) is 11.2. The zero-order chi connectivity index (χ0) is 11.3. The first-order chi connectivity index (χ1) is 7.02. The maximum atomic E-state index is 10.9. The van der Waals surface area contributed by atoms with Crippen LogP contribution in [0.15, 0.2) is 30.3 Å². The zero-order valence-electron chi connectivity index (χ0n) is 8.77. The highest BCUT2D eigenvalue weighted by molar-refractivity contribution is 7.98. The number of rotatable bonds is 5. The van der Waals surface area contributed by atoms with E-state index in [2.05, 4.69) is 0 Å². The van der Waals surface area contributed by atoms with Crippen molar-refractivity contribution in [3.63, 3.8) is 0 Å². The van der Waals surface area contributed by atoms with E-state index in [0.29, 0.717) is 5.75 Å². The summed E-state index contributed by atoms with van der Waals surface area (Å²) in [6, 6.07) is 10.1. The molecular formula is C11H16N2OS. The standard InChI is InChI=1S/C11H16N2OS/c1-11(13,10(12)14)8-15-7-9-5-3-2-4-6-9/h2-6H,7-8,13H2,1H3,(H2,12,14)/t11-/m0/s1. The maximum Gasteiger partial charge on any atom is 0.238 e. The molecule has 0 fully saturated rings. The molecule has 15 heavy (non-hydrogen) atoms. The van der Waals surface area contributed by atoms with Crippen molar-refractivity contribution in [2.45, 2.75) is 18.2 Å². The first-order valence-corrected chi connectivity index (χ1v) is 5.88. The topological polar surface area (TPSA) is 69.1 Å². The van der Waals surface area contributed by atoms with E-state index in [0.717, 1.165) is 5.75 Å². The van der Waals surface area contributed by atoms with Crippen molar-refractivity contribution in [3.05, 3.63) is 35.9 Å². The van der Waals surface area contributed by atoms with E-state index in [4.69, 9.17) is 11.5 Å². The summed E-state index contributed by atoms with van der Waals surface area (Å²) in [4.78, 5) is 10.9. The van der Waals surface area contributed by atoms with Crippen molar-refractivity contribution < 1.29 is 4.79 Å². The molecule has 0 aliphatic carbocycles. The number of hydrogen-bond acceptors (Lipinski definition) is 3. The lowest BCUT2D eigenvalue weighted by atomic mass is 10.1. The molecule has 0 saturated carbocycles. The van der Waals surface area contributed by atoms with Crippen molar-refractivity contribution in [1.82, 2.24) is 0 Å². The first-order valence-electron chi connectivity index (χ1n) is 4.73. The van der Waals surface area contributed by atoms with Gasteiger partial charge in [0.15, 0.2) is 0 Å². The van der Waals surface area contributed by atoms with Crippen LogP contribution in [0.3, 0.4) is 0 Å². The average molecular weight is 224 g/mol. The highest BCUT2D eigenvalue weighted by Gasteiger charge is 2.25. The summed E-state index contributed by atoms with van der Waals surface area (Å²) >= 11 is 1.62. The molecule has 0 spiro atoms. The van der Waals surface area contributed by atoms with Gasteiger partial charge in [0.1, 0.15) is 5.54 Å². The molecule has 82 valence electrons. The quantitative estimate of drug-likeness (QED) is 0.787. The maximum absolute atomic E-state index is 10.9. The van der Waals surface area contributed by atoms with Gasteiger partial charge in [0, 0.05) is 11.5 Å². The number of nitrogens with two attached hydrogens (primary N) is 2. The van der Waals surface area contributed by atoms with Gasteiger partial charge in [-0.3, -0.25) is 4.79 Å². The number of amides is 1. The molecule has 0 aliphatic rings. The molecule has 0 bridgehead atoms. The molecule has 1 aromatic rings. The van der Waals surface area contributed by atoms with Crippen LogP contribution in [0.5, 0.6) is 0 Å². The zero-order valence-corrected chi connectivity index (χ0v) is 9.59. The smallest absolute Gasteiger partial charge is 0.238 e. The Morgan fingerprint density at radius 1 is 1.40 bits per heavy atom. The lowest BCUT2D eigenvalue weighted by molar-refractivity contribution is -0.121. The average Bonchev–Trinajstić information content (AvgIpc) is 2.19. The van der Waals surface area contributed by atoms with Gasteiger partial charge in [0.05, 0.1) is 0 Å². The minimum Gasteiger partial charge on any atom is -0.368 e. The van der Waals surface area contributed by atoms with Gasteiger partial charge in [-0.15, -0.1) is 0 Å². The molecule has 0 heterocycles. The summed E-state index contributed by atoms with van der Waals surface area (Å²) in [7, 11) is 0. The van der Waals surface area contributed by atoms with Crippen LogP contribution in [0.25, 0.3) is 0 Å². The van der Waals surface area contributed by atoms with Crippen LogP contribution in [0.2, 0.25) is 0 Å². The van der Waals surface area contributed by atoms with Crippen LogP contribution in [-0.4, -0.2) is 17.2 Å². The molecule has 0 unspecified atom stereocenters. The molecule has 1 atom stereocenters. The third kappa shape index (κ3) is 3.93. The fraction of sp³-hybridized carbons (Fsp3) is 0.364. The summed E-state index contributed by atoms with van der Waals surface area (Å²) in [6.07, 6.45) is 0. The predicted molar refractivity (Wildman–Crippen MR) is 64.4 cm³/mol. The van der Waals surface area contributed by atoms with Gasteiger partial charge in [-0.05, 0) is 12.5 Å². The lowest BCUT2D eigenvalue weighted by Gasteiger charge is -2.19. The predicted octanol–water partition coefficient (Wildman–Crippen LogP) is 1.12. The Morgan fingerprint density at radius 2 is 2.00 bits per heavy atom. The normalized spacial score (nSPS) is 14.5. The van der Waals surface area contributed by atoms with Gasteiger partial charge in [-0.1, -0.05) is 30.3 Å². The third-order valence-electron chi connectivity index (χ3n) is 2.08. The van der Waals surface area contributed by atoms with Crippen LogP contribution in [0.1, 0.15) is 12.5 Å². The Balaban J connectivity index is 2.37. The number of thioether (sulfide) groups is 1. The third-order valence-corrected chi connectivity index (χ3v) is 3.42. The minimum absolute atomic E-state index is 0.455. The SMILES string of the molecule is C[C@](N)(CSCc1ccccc1)C(N)=O. The molecule has 1 aromatic carbocycles. The number of carbonyl (C=O) groups is 1. The Bertz CT molecular complexity index is 325. The van der Waals surface area contributed by atoms with Crippen molar-refractivity contribution in [3.8, 4) is 0 Å². The molecular weight excluding hydrogens is 208 g/mol. The number of carbonyl (C=O) groups excluding carboxylic acids is 1. The van der Waals surface area contributed by atoms with E-state index in [-0.39, 0.29) is 0 Å². The second kappa shape index (κ2) is 5.19. The summed E-state index contributed by atoms with van der Waals surface area (Å²) in [5.74, 6) is 0.932. The van der Waals surface area contributed by atoms with Gasteiger partial charge in [-0.2, -0.15) is 11.8 Å². The molecule has 0 radical (unpaired) electrons. The van der Waals surface area contributed by atoms with Gasteiger partial charge >= 0.3 is 0 Å². The van der Waals surface area contributed by atoms with Crippen molar-refractivity contribution in [1.29, 1.82) is 0 Å². The van der Waals surface area contributed by atoms with Gasteiger partial charge < -0.3 is 11.5 Å². The number of benzene rings is 1. The van der Waals surface area contributed by atoms with E-state index < -0.39 is 11.4 Å². The van der Waals surface area contributed by atoms with Gasteiger partial charge in [0.25, 0.3) is 0 Å². The summed E-state index contributed by atoms with van der Waals surface area (Å²) < 4.78 is 0. The molecule has 4 N–H and O–H groups in total. The van der Waals surface area contributed by atoms with E-state index in [1.54, 1.807) is 18.7 Å². The number of hydrogen-bond donors (Lipinski definition) is 2. The van der Waals surface area contributed by atoms with Gasteiger partial charge in [0.2, 0.25) is 5.91 Å². The fourth-order valence-corrected chi connectivity index (χ4v) is 2.12. The van der Waals surface area contributed by atoms with Crippen molar-refractivity contribution in [2.24, 2.45) is 11.5 Å². The Labute approximate surface area is 94.2 Å². The van der Waals surface area contributed by atoms with E-state index >= 15 is 0 Å². The lowest BCUT2D eigenvalue weighted by Crippen LogP contribution is -2.51. The Morgan fingerprint density at radius 3 is 2.53 bits per heavy atom. The first kappa shape index (κ1) is 12.1. The van der Waals surface area contributed by atoms with Crippen molar-refractivity contribution in [2.75, 3.05) is 5.75 Å². The Hall–Kier alpha value is -1.00. The number of primary amides is 1. The minimum atomic E-state index is -0.917. The second-order valence-electron chi connectivity index (χ2n) is 3.76. The highest BCUT2D eigenvalue weighted by Crippen LogP contribution is 2.16. The van der Waals surface area contributed by atoms with Crippen molar-refractivity contribution >= 4 is 17.7 Å². The van der Waals surface area contributed by atoms with Crippen LogP contribution in [0, 0.1) is 0 Å². The van der Waals surface area contributed by atoms with Crippen LogP contribution >= 0.6 is 11.8 Å². The fourth-order valence-electron chi connectivity index (χ4n) is 1.03. The monoisotopic (exact) mass is 224 g/mol. The van der Waals surface area contributed by atoms with Crippen LogP contribution in [0.4, 0.5) is 0 Å². The van der Waals surface area contributed by atoms with E-state index in [1.807, 2.05) is 30.3 Å². The molecule has 0 aliphatic heterocycles. The van der Waals surface area contributed by atoms with E-state index in [1.165, 1.54) is 5.56 Å². The Kier molecular flexibility index (Phi) is 4.17. The van der Waals surface area contributed by atoms with Crippen LogP contribution < -0.4 is 11.5 Å². The summed E-state index contributed by atoms with van der Waals surface area (Å²) in [5, 5.41) is 0. The highest BCUT2D eigenvalue weighted by atomic mass is 32.2. The molecule has 1 rings (SSSR count). The molecule has 0 saturated heterocycles. The second-order valence-corrected chi connectivity index (χ2v) is 4.75. The van der Waals surface area contributed by atoms with Gasteiger partial charge in [-0.25, -0.2) is 0 Å².